The third-order valence-corrected chi connectivity index (χ3v) is 7.09. The number of ether oxygens (including phenoxy) is 2. The molecule has 38 heavy (non-hydrogen) atoms. The number of rotatable bonds is 6. The van der Waals surface area contributed by atoms with Crippen LogP contribution < -0.4 is 10.2 Å². The van der Waals surface area contributed by atoms with Crippen molar-refractivity contribution >= 4 is 12.1 Å². The number of benzene rings is 1. The van der Waals surface area contributed by atoms with E-state index in [-0.39, 0.29) is 18.3 Å². The molecule has 1 aromatic carbocycles. The molecule has 4 unspecified atom stereocenters. The van der Waals surface area contributed by atoms with Crippen LogP contribution in [0.15, 0.2) is 24.3 Å². The number of carbonyl (C=O) groups is 2. The molecule has 208 valence electrons. The zero-order valence-electron chi connectivity index (χ0n) is 23.0. The van der Waals surface area contributed by atoms with Crippen molar-refractivity contribution in [3.8, 4) is 11.8 Å². The topological polar surface area (TPSA) is 107 Å². The average molecular weight is 528 g/mol. The number of nitrogens with zero attached hydrogens (tertiary/aromatic N) is 4. The van der Waals surface area contributed by atoms with E-state index in [1.807, 2.05) is 32.6 Å². The van der Waals surface area contributed by atoms with E-state index in [4.69, 9.17) is 19.6 Å². The second-order valence-corrected chi connectivity index (χ2v) is 11.8. The monoisotopic (exact) mass is 527 g/mol. The summed E-state index contributed by atoms with van der Waals surface area (Å²) in [5, 5.41) is 13.4. The molecular formula is C28H41N5O5. The predicted molar refractivity (Wildman–Crippen MR) is 141 cm³/mol. The van der Waals surface area contributed by atoms with E-state index in [0.29, 0.717) is 36.3 Å². The Bertz CT molecular complexity index is 984. The van der Waals surface area contributed by atoms with Gasteiger partial charge in [-0.15, -0.1) is 5.06 Å². The van der Waals surface area contributed by atoms with E-state index in [2.05, 4.69) is 16.3 Å². The highest BCUT2D eigenvalue weighted by molar-refractivity contribution is 5.74. The fourth-order valence-electron chi connectivity index (χ4n) is 5.55. The lowest BCUT2D eigenvalue weighted by Crippen LogP contribution is -2.58. The number of fused-ring (bicyclic) bond motifs is 2. The number of hydrogen-bond acceptors (Lipinski definition) is 7. The van der Waals surface area contributed by atoms with Crippen molar-refractivity contribution in [2.45, 2.75) is 71.2 Å². The molecule has 0 aliphatic carbocycles. The number of nitrogens with one attached hydrogen (secondary N) is 1. The zero-order chi connectivity index (χ0) is 27.3. The number of hydrogen-bond donors (Lipinski definition) is 1. The summed E-state index contributed by atoms with van der Waals surface area (Å²) in [5.74, 6) is 1.21. The first-order valence-corrected chi connectivity index (χ1v) is 13.7. The second-order valence-electron chi connectivity index (χ2n) is 11.8. The molecule has 3 saturated heterocycles. The van der Waals surface area contributed by atoms with Gasteiger partial charge >= 0.3 is 12.1 Å². The van der Waals surface area contributed by atoms with E-state index < -0.39 is 11.7 Å². The Morgan fingerprint density at radius 2 is 1.84 bits per heavy atom. The summed E-state index contributed by atoms with van der Waals surface area (Å²) in [6.45, 7) is 11.9. The van der Waals surface area contributed by atoms with Crippen LogP contribution >= 0.6 is 0 Å². The van der Waals surface area contributed by atoms with Crippen LogP contribution in [-0.4, -0.2) is 84.2 Å². The van der Waals surface area contributed by atoms with Gasteiger partial charge in [-0.25, -0.2) is 9.59 Å². The third-order valence-electron chi connectivity index (χ3n) is 7.09. The lowest BCUT2D eigenvalue weighted by Gasteiger charge is -2.47. The summed E-state index contributed by atoms with van der Waals surface area (Å²) in [5.41, 5.74) is -0.152. The Balaban J connectivity index is 1.35. The maximum Gasteiger partial charge on any atom is 0.444 e. The molecular weight excluding hydrogens is 486 g/mol. The standard InChI is InChI=1S/C28H41N5O5/c1-20(33(27(35)37-28(2,3)4)38-24-10-8-21(14-29)9-11-24)15-31-16-22-13-23(17-31)19-32(18-22)26(34)30-25-7-5-6-12-36-25/h8-11,20,22-23,25H,5-7,12-13,15-19H2,1-4H3,(H,30,34). The van der Waals surface area contributed by atoms with Gasteiger partial charge in [0.2, 0.25) is 0 Å². The number of urea groups is 1. The molecule has 1 aromatic rings. The van der Waals surface area contributed by atoms with Crippen molar-refractivity contribution in [2.75, 3.05) is 39.3 Å². The molecule has 1 N–H and O–H groups in total. The second kappa shape index (κ2) is 12.2. The Morgan fingerprint density at radius 3 is 2.42 bits per heavy atom. The Hall–Kier alpha value is -3.03. The highest BCUT2D eigenvalue weighted by atomic mass is 16.7. The van der Waals surface area contributed by atoms with Gasteiger partial charge in [0.15, 0.2) is 5.75 Å². The molecule has 4 rings (SSSR count). The Kier molecular flexibility index (Phi) is 9.00. The number of carbonyl (C=O) groups excluding carboxylic acids is 2. The smallest absolute Gasteiger partial charge is 0.442 e. The first-order valence-electron chi connectivity index (χ1n) is 13.7. The van der Waals surface area contributed by atoms with Crippen molar-refractivity contribution < 1.29 is 23.9 Å². The highest BCUT2D eigenvalue weighted by Crippen LogP contribution is 2.29. The van der Waals surface area contributed by atoms with Crippen molar-refractivity contribution in [1.82, 2.24) is 20.2 Å². The predicted octanol–water partition coefficient (Wildman–Crippen LogP) is 3.97. The first-order chi connectivity index (χ1) is 18.1. The number of hydroxylamine groups is 2. The summed E-state index contributed by atoms with van der Waals surface area (Å²) < 4.78 is 11.3. The van der Waals surface area contributed by atoms with Crippen LogP contribution in [-0.2, 0) is 9.47 Å². The molecule has 3 heterocycles. The molecule has 0 saturated carbocycles. The van der Waals surface area contributed by atoms with Gasteiger partial charge in [0.1, 0.15) is 11.8 Å². The molecule has 0 radical (unpaired) electrons. The quantitative estimate of drug-likeness (QED) is 0.558. The van der Waals surface area contributed by atoms with Gasteiger partial charge in [0, 0.05) is 39.3 Å². The number of nitriles is 1. The summed E-state index contributed by atoms with van der Waals surface area (Å²) in [7, 11) is 0. The van der Waals surface area contributed by atoms with Crippen molar-refractivity contribution in [2.24, 2.45) is 11.8 Å². The fraction of sp³-hybridized carbons (Fsp3) is 0.679. The lowest BCUT2D eigenvalue weighted by molar-refractivity contribution is -0.102. The molecule has 3 aliphatic heterocycles. The minimum absolute atomic E-state index is 0.0275. The zero-order valence-corrected chi connectivity index (χ0v) is 23.0. The molecule has 10 heteroatoms. The van der Waals surface area contributed by atoms with Gasteiger partial charge in [-0.3, -0.25) is 0 Å². The number of amides is 3. The molecule has 10 nitrogen and oxygen atoms in total. The highest BCUT2D eigenvalue weighted by Gasteiger charge is 2.38. The minimum Gasteiger partial charge on any atom is -0.442 e. The minimum atomic E-state index is -0.669. The SMILES string of the molecule is CC(CN1CC2CC(C1)CN(C(=O)NC1CCCCO1)C2)N(Oc1ccc(C#N)cc1)C(=O)OC(C)(C)C. The third kappa shape index (κ3) is 7.74. The average Bonchev–Trinajstić information content (AvgIpc) is 2.86. The summed E-state index contributed by atoms with van der Waals surface area (Å²) in [6, 6.07) is 8.42. The van der Waals surface area contributed by atoms with Gasteiger partial charge in [0.05, 0.1) is 17.7 Å². The van der Waals surface area contributed by atoms with Gasteiger partial charge in [0.25, 0.3) is 0 Å². The van der Waals surface area contributed by atoms with E-state index in [0.717, 1.165) is 51.9 Å². The fourth-order valence-corrected chi connectivity index (χ4v) is 5.55. The largest absolute Gasteiger partial charge is 0.444 e. The van der Waals surface area contributed by atoms with Crippen LogP contribution in [0.3, 0.4) is 0 Å². The Labute approximate surface area is 225 Å². The van der Waals surface area contributed by atoms with E-state index >= 15 is 0 Å². The van der Waals surface area contributed by atoms with Crippen LogP contribution in [0.4, 0.5) is 9.59 Å². The lowest BCUT2D eigenvalue weighted by atomic mass is 9.84. The summed E-state index contributed by atoms with van der Waals surface area (Å²) >= 11 is 0. The number of likely N-dealkylation sites (tertiary alicyclic amines) is 2. The molecule has 3 fully saturated rings. The van der Waals surface area contributed by atoms with E-state index in [1.54, 1.807) is 24.3 Å². The van der Waals surface area contributed by atoms with Crippen LogP contribution in [0, 0.1) is 23.2 Å². The molecule has 0 spiro atoms. The van der Waals surface area contributed by atoms with Gasteiger partial charge in [-0.05, 0) is 89.5 Å². The first kappa shape index (κ1) is 28.0. The summed E-state index contributed by atoms with van der Waals surface area (Å²) in [4.78, 5) is 36.3. The van der Waals surface area contributed by atoms with Crippen LogP contribution in [0.1, 0.15) is 58.9 Å². The van der Waals surface area contributed by atoms with Crippen LogP contribution in [0.2, 0.25) is 0 Å². The maximum absolute atomic E-state index is 13.1. The van der Waals surface area contributed by atoms with Crippen LogP contribution in [0.5, 0.6) is 5.75 Å². The van der Waals surface area contributed by atoms with Gasteiger partial charge in [-0.2, -0.15) is 5.26 Å². The van der Waals surface area contributed by atoms with E-state index in [9.17, 15) is 9.59 Å². The van der Waals surface area contributed by atoms with Crippen molar-refractivity contribution in [3.05, 3.63) is 29.8 Å². The van der Waals surface area contributed by atoms with Crippen molar-refractivity contribution in [3.63, 3.8) is 0 Å². The molecule has 0 aromatic heterocycles. The van der Waals surface area contributed by atoms with Gasteiger partial charge < -0.3 is 29.4 Å². The molecule has 2 bridgehead atoms. The van der Waals surface area contributed by atoms with Crippen LogP contribution in [0.25, 0.3) is 0 Å². The maximum atomic E-state index is 13.1. The Morgan fingerprint density at radius 1 is 1.16 bits per heavy atom. The molecule has 3 aliphatic rings. The summed E-state index contributed by atoms with van der Waals surface area (Å²) in [6.07, 6.45) is 3.38. The molecule has 4 atom stereocenters. The van der Waals surface area contributed by atoms with E-state index in [1.165, 1.54) is 5.06 Å². The van der Waals surface area contributed by atoms with Gasteiger partial charge in [-0.1, -0.05) is 0 Å². The molecule has 3 amide bonds. The number of piperidine rings is 2. The normalized spacial score (nSPS) is 24.6. The van der Waals surface area contributed by atoms with Crippen molar-refractivity contribution in [1.29, 1.82) is 5.26 Å².